The third-order valence-electron chi connectivity index (χ3n) is 3.29. The summed E-state index contributed by atoms with van der Waals surface area (Å²) < 4.78 is 1.14. The van der Waals surface area contributed by atoms with Crippen molar-refractivity contribution in [1.29, 1.82) is 0 Å². The summed E-state index contributed by atoms with van der Waals surface area (Å²) in [5.74, 6) is 0.0186. The highest BCUT2D eigenvalue weighted by atomic mass is 127. The zero-order valence-corrected chi connectivity index (χ0v) is 14.9. The van der Waals surface area contributed by atoms with Crippen LogP contribution in [0.15, 0.2) is 48.5 Å². The predicted molar refractivity (Wildman–Crippen MR) is 96.8 cm³/mol. The molecule has 0 spiro atoms. The molecule has 0 unspecified atom stereocenters. The van der Waals surface area contributed by atoms with Gasteiger partial charge in [0.15, 0.2) is 0 Å². The summed E-state index contributed by atoms with van der Waals surface area (Å²) in [7, 11) is 0. The van der Waals surface area contributed by atoms with Crippen molar-refractivity contribution in [3.63, 3.8) is 0 Å². The quantitative estimate of drug-likeness (QED) is 0.675. The van der Waals surface area contributed by atoms with Gasteiger partial charge >= 0.3 is 0 Å². The second kappa shape index (κ2) is 7.27. The molecule has 0 saturated heterocycles. The Morgan fingerprint density at radius 3 is 2.14 bits per heavy atom. The van der Waals surface area contributed by atoms with Crippen LogP contribution in [0.1, 0.15) is 25.3 Å². The van der Waals surface area contributed by atoms with Crippen molar-refractivity contribution >= 4 is 45.8 Å². The first kappa shape index (κ1) is 16.3. The van der Waals surface area contributed by atoms with Gasteiger partial charge < -0.3 is 5.32 Å². The lowest BCUT2D eigenvalue weighted by atomic mass is 9.87. The summed E-state index contributed by atoms with van der Waals surface area (Å²) in [4.78, 5) is 12.6. The molecular formula is C17H17ClINO. The first-order chi connectivity index (χ1) is 9.97. The number of rotatable bonds is 4. The smallest absolute Gasteiger partial charge is 0.232 e. The topological polar surface area (TPSA) is 29.1 Å². The number of halogens is 2. The summed E-state index contributed by atoms with van der Waals surface area (Å²) in [6.07, 6.45) is 0. The molecule has 0 bridgehead atoms. The van der Waals surface area contributed by atoms with Crippen molar-refractivity contribution in [2.24, 2.45) is 5.92 Å². The summed E-state index contributed by atoms with van der Waals surface area (Å²) in [5, 5.41) is 3.67. The Labute approximate surface area is 144 Å². The fourth-order valence-electron chi connectivity index (χ4n) is 2.26. The normalized spacial score (nSPS) is 12.2. The molecule has 0 aliphatic carbocycles. The van der Waals surface area contributed by atoms with Crippen LogP contribution in [0.4, 0.5) is 5.69 Å². The van der Waals surface area contributed by atoms with Gasteiger partial charge in [-0.2, -0.15) is 0 Å². The Hall–Kier alpha value is -1.07. The molecule has 0 radical (unpaired) electrons. The molecule has 0 aromatic heterocycles. The van der Waals surface area contributed by atoms with Crippen LogP contribution in [0.25, 0.3) is 0 Å². The summed E-state index contributed by atoms with van der Waals surface area (Å²) >= 11 is 8.16. The zero-order valence-electron chi connectivity index (χ0n) is 11.9. The molecule has 0 fully saturated rings. The summed E-state index contributed by atoms with van der Waals surface area (Å²) in [6.45, 7) is 4.10. The van der Waals surface area contributed by atoms with Crippen molar-refractivity contribution in [1.82, 2.24) is 0 Å². The molecule has 2 nitrogen and oxygen atoms in total. The molecule has 1 amide bonds. The Balaban J connectivity index is 2.19. The summed E-state index contributed by atoms with van der Waals surface area (Å²) in [5.41, 5.74) is 1.80. The van der Waals surface area contributed by atoms with Gasteiger partial charge in [-0.15, -0.1) is 0 Å². The number of hydrogen-bond acceptors (Lipinski definition) is 1. The van der Waals surface area contributed by atoms with Crippen LogP contribution in [-0.2, 0) is 4.79 Å². The lowest BCUT2D eigenvalue weighted by Gasteiger charge is -2.21. The molecule has 4 heteroatoms. The van der Waals surface area contributed by atoms with E-state index < -0.39 is 0 Å². The highest BCUT2D eigenvalue weighted by Crippen LogP contribution is 2.27. The van der Waals surface area contributed by atoms with Crippen LogP contribution in [0.5, 0.6) is 0 Å². The van der Waals surface area contributed by atoms with E-state index >= 15 is 0 Å². The summed E-state index contributed by atoms with van der Waals surface area (Å²) in [6, 6.07) is 15.3. The van der Waals surface area contributed by atoms with E-state index in [4.69, 9.17) is 11.6 Å². The number of carbonyl (C=O) groups excluding carboxylic acids is 1. The molecule has 2 aromatic carbocycles. The SMILES string of the molecule is CC(C)[C@H](C(=O)Nc1ccc(I)cc1)c1ccc(Cl)cc1. The average Bonchev–Trinajstić information content (AvgIpc) is 2.43. The van der Waals surface area contributed by atoms with Gasteiger partial charge in [0.25, 0.3) is 0 Å². The van der Waals surface area contributed by atoms with Gasteiger partial charge in [0.05, 0.1) is 5.92 Å². The second-order valence-corrected chi connectivity index (χ2v) is 6.95. The second-order valence-electron chi connectivity index (χ2n) is 5.27. The molecule has 2 aromatic rings. The lowest BCUT2D eigenvalue weighted by molar-refractivity contribution is -0.118. The number of benzene rings is 2. The lowest BCUT2D eigenvalue weighted by Crippen LogP contribution is -2.25. The fourth-order valence-corrected chi connectivity index (χ4v) is 2.75. The number of carbonyl (C=O) groups is 1. The van der Waals surface area contributed by atoms with E-state index in [-0.39, 0.29) is 17.7 Å². The van der Waals surface area contributed by atoms with E-state index in [1.807, 2.05) is 62.4 Å². The molecule has 21 heavy (non-hydrogen) atoms. The molecule has 0 aliphatic heterocycles. The molecule has 2 rings (SSSR count). The number of anilines is 1. The monoisotopic (exact) mass is 413 g/mol. The van der Waals surface area contributed by atoms with Crippen molar-refractivity contribution in [2.75, 3.05) is 5.32 Å². The van der Waals surface area contributed by atoms with Gasteiger partial charge in [-0.05, 0) is 70.5 Å². The molecule has 0 saturated carbocycles. The third kappa shape index (κ3) is 4.45. The van der Waals surface area contributed by atoms with Crippen molar-refractivity contribution < 1.29 is 4.79 Å². The van der Waals surface area contributed by atoms with E-state index in [1.165, 1.54) is 0 Å². The number of nitrogens with one attached hydrogen (secondary N) is 1. The van der Waals surface area contributed by atoms with Crippen LogP contribution in [0, 0.1) is 9.49 Å². The van der Waals surface area contributed by atoms with E-state index in [0.717, 1.165) is 14.8 Å². The molecule has 1 N–H and O–H groups in total. The number of hydrogen-bond donors (Lipinski definition) is 1. The minimum absolute atomic E-state index is 0.00790. The van der Waals surface area contributed by atoms with E-state index in [0.29, 0.717) is 5.02 Å². The van der Waals surface area contributed by atoms with Crippen LogP contribution in [0.2, 0.25) is 5.02 Å². The Morgan fingerprint density at radius 1 is 1.05 bits per heavy atom. The van der Waals surface area contributed by atoms with Crippen LogP contribution in [-0.4, -0.2) is 5.91 Å². The number of amides is 1. The maximum atomic E-state index is 12.6. The van der Waals surface area contributed by atoms with Crippen molar-refractivity contribution in [3.05, 3.63) is 62.7 Å². The van der Waals surface area contributed by atoms with Crippen LogP contribution in [0.3, 0.4) is 0 Å². The molecule has 1 atom stereocenters. The molecule has 110 valence electrons. The predicted octanol–water partition coefficient (Wildman–Crippen LogP) is 5.32. The van der Waals surface area contributed by atoms with Gasteiger partial charge in [0.2, 0.25) is 5.91 Å². The minimum Gasteiger partial charge on any atom is -0.326 e. The Bertz CT molecular complexity index is 608. The average molecular weight is 414 g/mol. The Kier molecular flexibility index (Phi) is 5.65. The standard InChI is InChI=1S/C17H17ClINO/c1-11(2)16(12-3-5-13(18)6-4-12)17(21)20-15-9-7-14(19)8-10-15/h3-11,16H,1-2H3,(H,20,21)/t16-/m0/s1. The maximum absolute atomic E-state index is 12.6. The highest BCUT2D eigenvalue weighted by Gasteiger charge is 2.24. The van der Waals surface area contributed by atoms with Crippen molar-refractivity contribution in [2.45, 2.75) is 19.8 Å². The first-order valence-electron chi connectivity index (χ1n) is 6.79. The van der Waals surface area contributed by atoms with Gasteiger partial charge in [-0.25, -0.2) is 0 Å². The highest BCUT2D eigenvalue weighted by molar-refractivity contribution is 14.1. The van der Waals surface area contributed by atoms with Gasteiger partial charge in [-0.3, -0.25) is 4.79 Å². The van der Waals surface area contributed by atoms with Gasteiger partial charge in [0, 0.05) is 14.3 Å². The first-order valence-corrected chi connectivity index (χ1v) is 8.25. The van der Waals surface area contributed by atoms with E-state index in [9.17, 15) is 4.79 Å². The van der Waals surface area contributed by atoms with Crippen LogP contribution < -0.4 is 5.32 Å². The van der Waals surface area contributed by atoms with Crippen molar-refractivity contribution in [3.8, 4) is 0 Å². The minimum atomic E-state index is -0.193. The van der Waals surface area contributed by atoms with Gasteiger partial charge in [-0.1, -0.05) is 37.6 Å². The van der Waals surface area contributed by atoms with E-state index in [2.05, 4.69) is 27.9 Å². The largest absolute Gasteiger partial charge is 0.326 e. The van der Waals surface area contributed by atoms with E-state index in [1.54, 1.807) is 0 Å². The van der Waals surface area contributed by atoms with Gasteiger partial charge in [0.1, 0.15) is 0 Å². The third-order valence-corrected chi connectivity index (χ3v) is 4.26. The molecule has 0 aliphatic rings. The zero-order chi connectivity index (χ0) is 15.4. The fraction of sp³-hybridized carbons (Fsp3) is 0.235. The van der Waals surface area contributed by atoms with Crippen LogP contribution >= 0.6 is 34.2 Å². The maximum Gasteiger partial charge on any atom is 0.232 e. The Morgan fingerprint density at radius 2 is 1.62 bits per heavy atom. The molecule has 0 heterocycles. The molecular weight excluding hydrogens is 397 g/mol.